The molecule has 2 aromatic carbocycles. The van der Waals surface area contributed by atoms with Gasteiger partial charge in [0.2, 0.25) is 0 Å². The lowest BCUT2D eigenvalue weighted by Gasteiger charge is -2.17. The Labute approximate surface area is 151 Å². The second-order valence-electron chi connectivity index (χ2n) is 6.11. The van der Waals surface area contributed by atoms with Gasteiger partial charge in [0.05, 0.1) is 21.6 Å². The number of nitrogens with zero attached hydrogens (tertiary/aromatic N) is 2. The minimum atomic E-state index is -3.71. The van der Waals surface area contributed by atoms with Crippen LogP contribution in [-0.4, -0.2) is 18.4 Å². The lowest BCUT2D eigenvalue weighted by atomic mass is 9.92. The van der Waals surface area contributed by atoms with Gasteiger partial charge in [-0.15, -0.1) is 0 Å². The highest BCUT2D eigenvalue weighted by molar-refractivity contribution is 7.92. The summed E-state index contributed by atoms with van der Waals surface area (Å²) in [7, 11) is -3.71. The van der Waals surface area contributed by atoms with Crippen LogP contribution in [0.5, 0.6) is 0 Å². The first-order chi connectivity index (χ1) is 12.0. The molecular weight excluding hydrogens is 358 g/mol. The molecule has 1 aliphatic rings. The number of nitrogens with one attached hydrogen (secondary N) is 1. The van der Waals surface area contributed by atoms with Crippen LogP contribution in [0.2, 0.25) is 5.02 Å². The number of aryl methyl sites for hydroxylation is 2. The van der Waals surface area contributed by atoms with Gasteiger partial charge in [-0.3, -0.25) is 4.72 Å². The molecule has 0 saturated heterocycles. The van der Waals surface area contributed by atoms with Crippen LogP contribution in [0.4, 0.5) is 5.82 Å². The summed E-state index contributed by atoms with van der Waals surface area (Å²) in [5.41, 5.74) is 3.44. The van der Waals surface area contributed by atoms with Crippen molar-refractivity contribution in [2.24, 2.45) is 0 Å². The van der Waals surface area contributed by atoms with Crippen molar-refractivity contribution in [3.63, 3.8) is 0 Å². The summed E-state index contributed by atoms with van der Waals surface area (Å²) in [5.74, 6) is 0.174. The van der Waals surface area contributed by atoms with E-state index in [1.807, 2.05) is 6.07 Å². The summed E-state index contributed by atoms with van der Waals surface area (Å²) in [4.78, 5) is 8.76. The Kier molecular flexibility index (Phi) is 4.09. The van der Waals surface area contributed by atoms with Crippen LogP contribution < -0.4 is 4.72 Å². The van der Waals surface area contributed by atoms with E-state index in [2.05, 4.69) is 14.7 Å². The van der Waals surface area contributed by atoms with Crippen LogP contribution in [0.25, 0.3) is 11.0 Å². The van der Waals surface area contributed by atoms with E-state index in [0.717, 1.165) is 31.2 Å². The number of fused-ring (bicyclic) bond motifs is 2. The molecule has 1 heterocycles. The molecule has 25 heavy (non-hydrogen) atoms. The fraction of sp³-hybridized carbons (Fsp3) is 0.222. The standard InChI is InChI=1S/C18H16ClN3O2S/c19-15-6-3-7-16-18(15)20-11-17(21-16)22-25(23,24)14-9-8-12-4-1-2-5-13(12)10-14/h3,6-11H,1-2,4-5H2,(H,21,22). The Morgan fingerprint density at radius 1 is 1.04 bits per heavy atom. The molecular formula is C18H16ClN3O2S. The molecule has 3 aromatic rings. The maximum Gasteiger partial charge on any atom is 0.263 e. The first-order valence-corrected chi connectivity index (χ1v) is 9.95. The molecule has 0 fully saturated rings. The quantitative estimate of drug-likeness (QED) is 0.754. The van der Waals surface area contributed by atoms with E-state index >= 15 is 0 Å². The zero-order valence-electron chi connectivity index (χ0n) is 13.4. The van der Waals surface area contributed by atoms with E-state index in [-0.39, 0.29) is 10.7 Å². The van der Waals surface area contributed by atoms with Gasteiger partial charge in [0.25, 0.3) is 10.0 Å². The van der Waals surface area contributed by atoms with Crippen LogP contribution in [0, 0.1) is 0 Å². The first kappa shape index (κ1) is 16.3. The topological polar surface area (TPSA) is 72.0 Å². The third kappa shape index (κ3) is 3.19. The fourth-order valence-corrected chi connectivity index (χ4v) is 4.38. The number of hydrogen-bond donors (Lipinski definition) is 1. The molecule has 0 saturated carbocycles. The smallest absolute Gasteiger partial charge is 0.262 e. The number of benzene rings is 2. The summed E-state index contributed by atoms with van der Waals surface area (Å²) < 4.78 is 27.9. The lowest BCUT2D eigenvalue weighted by molar-refractivity contribution is 0.600. The number of hydrogen-bond acceptors (Lipinski definition) is 4. The summed E-state index contributed by atoms with van der Waals surface area (Å²) in [6.45, 7) is 0. The largest absolute Gasteiger partial charge is 0.263 e. The molecule has 4 rings (SSSR count). The Morgan fingerprint density at radius 3 is 2.68 bits per heavy atom. The van der Waals surface area contributed by atoms with E-state index in [0.29, 0.717) is 16.1 Å². The van der Waals surface area contributed by atoms with Gasteiger partial charge in [-0.1, -0.05) is 23.7 Å². The molecule has 0 amide bonds. The zero-order chi connectivity index (χ0) is 17.4. The first-order valence-electron chi connectivity index (χ1n) is 8.09. The van der Waals surface area contributed by atoms with E-state index in [1.165, 1.54) is 11.8 Å². The van der Waals surface area contributed by atoms with Crippen molar-refractivity contribution < 1.29 is 8.42 Å². The number of sulfonamides is 1. The Hall–Kier alpha value is -2.18. The summed E-state index contributed by atoms with van der Waals surface area (Å²) in [6.07, 6.45) is 5.57. The van der Waals surface area contributed by atoms with Gasteiger partial charge in [-0.25, -0.2) is 18.4 Å². The normalized spacial score (nSPS) is 14.3. The molecule has 5 nitrogen and oxygen atoms in total. The van der Waals surface area contributed by atoms with E-state index < -0.39 is 10.0 Å². The average Bonchev–Trinajstić information content (AvgIpc) is 2.61. The fourth-order valence-electron chi connectivity index (χ4n) is 3.13. The van der Waals surface area contributed by atoms with Crippen molar-refractivity contribution in [2.75, 3.05) is 4.72 Å². The molecule has 7 heteroatoms. The molecule has 0 atom stereocenters. The van der Waals surface area contributed by atoms with Gasteiger partial charge in [-0.05, 0) is 61.1 Å². The number of aromatic nitrogens is 2. The predicted octanol–water partition coefficient (Wildman–Crippen LogP) is 3.96. The second-order valence-corrected chi connectivity index (χ2v) is 8.20. The Bertz CT molecular complexity index is 1070. The Balaban J connectivity index is 1.67. The average molecular weight is 374 g/mol. The van der Waals surface area contributed by atoms with E-state index in [9.17, 15) is 8.42 Å². The number of halogens is 1. The highest BCUT2D eigenvalue weighted by Gasteiger charge is 2.18. The van der Waals surface area contributed by atoms with E-state index in [1.54, 1.807) is 30.3 Å². The zero-order valence-corrected chi connectivity index (χ0v) is 14.9. The van der Waals surface area contributed by atoms with Gasteiger partial charge in [0.15, 0.2) is 5.82 Å². The monoisotopic (exact) mass is 373 g/mol. The van der Waals surface area contributed by atoms with Crippen LogP contribution in [0.3, 0.4) is 0 Å². The highest BCUT2D eigenvalue weighted by atomic mass is 35.5. The molecule has 0 spiro atoms. The van der Waals surface area contributed by atoms with Crippen LogP contribution in [-0.2, 0) is 22.9 Å². The highest BCUT2D eigenvalue weighted by Crippen LogP contribution is 2.26. The van der Waals surface area contributed by atoms with Crippen molar-refractivity contribution >= 4 is 38.5 Å². The second kappa shape index (κ2) is 6.28. The van der Waals surface area contributed by atoms with Crippen LogP contribution >= 0.6 is 11.6 Å². The summed E-state index contributed by atoms with van der Waals surface area (Å²) >= 11 is 6.06. The minimum absolute atomic E-state index is 0.174. The number of anilines is 1. The molecule has 0 unspecified atom stereocenters. The van der Waals surface area contributed by atoms with Gasteiger partial charge in [0.1, 0.15) is 5.52 Å². The van der Waals surface area contributed by atoms with Crippen LogP contribution in [0.15, 0.2) is 47.5 Å². The SMILES string of the molecule is O=S(=O)(Nc1cnc2c(Cl)cccc2n1)c1ccc2c(c1)CCCC2. The van der Waals surface area contributed by atoms with Crippen molar-refractivity contribution in [1.29, 1.82) is 0 Å². The molecule has 0 bridgehead atoms. The number of rotatable bonds is 3. The molecule has 128 valence electrons. The molecule has 1 aliphatic carbocycles. The van der Waals surface area contributed by atoms with Gasteiger partial charge in [0, 0.05) is 0 Å². The van der Waals surface area contributed by atoms with Gasteiger partial charge < -0.3 is 0 Å². The third-order valence-corrected chi connectivity index (χ3v) is 6.05. The third-order valence-electron chi connectivity index (χ3n) is 4.39. The van der Waals surface area contributed by atoms with Crippen molar-refractivity contribution in [3.8, 4) is 0 Å². The Morgan fingerprint density at radius 2 is 1.84 bits per heavy atom. The molecule has 1 aromatic heterocycles. The summed E-state index contributed by atoms with van der Waals surface area (Å²) in [5, 5.41) is 0.481. The van der Waals surface area contributed by atoms with Crippen molar-refractivity contribution in [2.45, 2.75) is 30.6 Å². The van der Waals surface area contributed by atoms with Crippen molar-refractivity contribution in [3.05, 3.63) is 58.7 Å². The lowest BCUT2D eigenvalue weighted by Crippen LogP contribution is -2.15. The number of para-hydroxylation sites is 1. The summed E-state index contributed by atoms with van der Waals surface area (Å²) in [6, 6.07) is 10.5. The molecule has 1 N–H and O–H groups in total. The maximum atomic E-state index is 12.7. The molecule has 0 aliphatic heterocycles. The minimum Gasteiger partial charge on any atom is -0.262 e. The molecule has 0 radical (unpaired) electrons. The van der Waals surface area contributed by atoms with Crippen molar-refractivity contribution in [1.82, 2.24) is 9.97 Å². The van der Waals surface area contributed by atoms with Gasteiger partial charge >= 0.3 is 0 Å². The van der Waals surface area contributed by atoms with Crippen LogP contribution in [0.1, 0.15) is 24.0 Å². The van der Waals surface area contributed by atoms with Gasteiger partial charge in [-0.2, -0.15) is 0 Å². The predicted molar refractivity (Wildman–Crippen MR) is 98.4 cm³/mol. The van der Waals surface area contributed by atoms with E-state index in [4.69, 9.17) is 11.6 Å². The maximum absolute atomic E-state index is 12.7.